The minimum absolute atomic E-state index is 0.0335. The van der Waals surface area contributed by atoms with Crippen molar-refractivity contribution in [2.75, 3.05) is 0 Å². The fourth-order valence-electron chi connectivity index (χ4n) is 1.80. The highest BCUT2D eigenvalue weighted by Crippen LogP contribution is 2.25. The van der Waals surface area contributed by atoms with Gasteiger partial charge in [-0.2, -0.15) is 0 Å². The maximum atomic E-state index is 11.0. The monoisotopic (exact) mass is 246 g/mol. The largest absolute Gasteiger partial charge is 0.508 e. The SMILES string of the molecule is CC(C=O)CCc1cc2ccc(=O)oc2cc1O. The summed E-state index contributed by atoms with van der Waals surface area (Å²) in [4.78, 5) is 21.6. The Hall–Kier alpha value is -2.10. The molecule has 4 heteroatoms. The van der Waals surface area contributed by atoms with Gasteiger partial charge in [0.2, 0.25) is 0 Å². The molecule has 2 aromatic rings. The van der Waals surface area contributed by atoms with E-state index in [4.69, 9.17) is 4.42 Å². The van der Waals surface area contributed by atoms with E-state index in [1.165, 1.54) is 12.1 Å². The summed E-state index contributed by atoms with van der Waals surface area (Å²) < 4.78 is 4.97. The van der Waals surface area contributed by atoms with Crippen LogP contribution in [0.15, 0.2) is 33.5 Å². The van der Waals surface area contributed by atoms with Crippen LogP contribution in [-0.2, 0) is 11.2 Å². The van der Waals surface area contributed by atoms with Crippen molar-refractivity contribution >= 4 is 17.3 Å². The number of carbonyl (C=O) groups excluding carboxylic acids is 1. The summed E-state index contributed by atoms with van der Waals surface area (Å²) >= 11 is 0. The third-order valence-electron chi connectivity index (χ3n) is 2.92. The fourth-order valence-corrected chi connectivity index (χ4v) is 1.80. The minimum atomic E-state index is -0.441. The number of aldehydes is 1. The van der Waals surface area contributed by atoms with Gasteiger partial charge in [-0.15, -0.1) is 0 Å². The van der Waals surface area contributed by atoms with E-state index >= 15 is 0 Å². The maximum absolute atomic E-state index is 11.0. The van der Waals surface area contributed by atoms with Gasteiger partial charge in [0.25, 0.3) is 0 Å². The van der Waals surface area contributed by atoms with Gasteiger partial charge in [-0.05, 0) is 30.5 Å². The van der Waals surface area contributed by atoms with Crippen molar-refractivity contribution in [1.82, 2.24) is 0 Å². The van der Waals surface area contributed by atoms with E-state index in [2.05, 4.69) is 0 Å². The molecule has 1 aromatic heterocycles. The molecule has 1 aromatic carbocycles. The van der Waals surface area contributed by atoms with Crippen molar-refractivity contribution in [3.05, 3.63) is 40.2 Å². The third-order valence-corrected chi connectivity index (χ3v) is 2.92. The van der Waals surface area contributed by atoms with Crippen molar-refractivity contribution < 1.29 is 14.3 Å². The van der Waals surface area contributed by atoms with Crippen LogP contribution >= 0.6 is 0 Å². The summed E-state index contributed by atoms with van der Waals surface area (Å²) in [6, 6.07) is 6.23. The lowest BCUT2D eigenvalue weighted by Gasteiger charge is -2.07. The number of aryl methyl sites for hydroxylation is 1. The van der Waals surface area contributed by atoms with Crippen molar-refractivity contribution in [2.24, 2.45) is 5.92 Å². The van der Waals surface area contributed by atoms with E-state index in [1.54, 1.807) is 12.1 Å². The van der Waals surface area contributed by atoms with Crippen LogP contribution in [0, 0.1) is 5.92 Å². The Balaban J connectivity index is 2.34. The van der Waals surface area contributed by atoms with Crippen LogP contribution in [0.3, 0.4) is 0 Å². The van der Waals surface area contributed by atoms with Gasteiger partial charge < -0.3 is 14.3 Å². The number of carbonyl (C=O) groups is 1. The zero-order chi connectivity index (χ0) is 13.1. The van der Waals surface area contributed by atoms with Crippen LogP contribution in [-0.4, -0.2) is 11.4 Å². The van der Waals surface area contributed by atoms with Crippen molar-refractivity contribution in [3.8, 4) is 5.75 Å². The molecule has 0 saturated heterocycles. The Morgan fingerprint density at radius 3 is 2.89 bits per heavy atom. The molecular formula is C14H14O4. The summed E-state index contributed by atoms with van der Waals surface area (Å²) in [6.07, 6.45) is 2.19. The van der Waals surface area contributed by atoms with Gasteiger partial charge >= 0.3 is 5.63 Å². The van der Waals surface area contributed by atoms with Gasteiger partial charge in [-0.3, -0.25) is 0 Å². The number of fused-ring (bicyclic) bond motifs is 1. The van der Waals surface area contributed by atoms with E-state index in [1.807, 2.05) is 6.92 Å². The molecule has 18 heavy (non-hydrogen) atoms. The van der Waals surface area contributed by atoms with E-state index in [0.717, 1.165) is 17.2 Å². The smallest absolute Gasteiger partial charge is 0.336 e. The number of phenolic OH excluding ortho intramolecular Hbond substituents is 1. The van der Waals surface area contributed by atoms with Crippen LogP contribution in [0.1, 0.15) is 18.9 Å². The normalized spacial score (nSPS) is 12.5. The molecule has 4 nitrogen and oxygen atoms in total. The molecule has 1 heterocycles. The first-order valence-corrected chi connectivity index (χ1v) is 5.81. The van der Waals surface area contributed by atoms with Crippen molar-refractivity contribution in [1.29, 1.82) is 0 Å². The molecule has 0 spiro atoms. The standard InChI is InChI=1S/C14H14O4/c1-9(8-15)2-3-10-6-11-4-5-14(17)18-13(11)7-12(10)16/h4-9,16H,2-3H2,1H3. The lowest BCUT2D eigenvalue weighted by Crippen LogP contribution is -1.99. The first kappa shape index (κ1) is 12.4. The summed E-state index contributed by atoms with van der Waals surface area (Å²) in [5.41, 5.74) is 0.682. The molecular weight excluding hydrogens is 232 g/mol. The van der Waals surface area contributed by atoms with Gasteiger partial charge in [-0.1, -0.05) is 6.92 Å². The zero-order valence-corrected chi connectivity index (χ0v) is 10.1. The lowest BCUT2D eigenvalue weighted by molar-refractivity contribution is -0.110. The van der Waals surface area contributed by atoms with Crippen LogP contribution in [0.4, 0.5) is 0 Å². The second-order valence-electron chi connectivity index (χ2n) is 4.43. The van der Waals surface area contributed by atoms with E-state index < -0.39 is 5.63 Å². The summed E-state index contributed by atoms with van der Waals surface area (Å²) in [5, 5.41) is 10.6. The summed E-state index contributed by atoms with van der Waals surface area (Å²) in [6.45, 7) is 1.84. The van der Waals surface area contributed by atoms with Crippen molar-refractivity contribution in [3.63, 3.8) is 0 Å². The molecule has 2 rings (SSSR count). The predicted octanol–water partition coefficient (Wildman–Crippen LogP) is 2.27. The van der Waals surface area contributed by atoms with E-state index in [9.17, 15) is 14.7 Å². The molecule has 0 bridgehead atoms. The molecule has 94 valence electrons. The van der Waals surface area contributed by atoms with Gasteiger partial charge in [0.05, 0.1) is 0 Å². The molecule has 0 aliphatic rings. The molecule has 0 amide bonds. The second kappa shape index (κ2) is 5.04. The molecule has 0 saturated carbocycles. The minimum Gasteiger partial charge on any atom is -0.508 e. The molecule has 0 aliphatic carbocycles. The van der Waals surface area contributed by atoms with Crippen LogP contribution in [0.5, 0.6) is 5.75 Å². The quantitative estimate of drug-likeness (QED) is 0.663. The Morgan fingerprint density at radius 2 is 2.17 bits per heavy atom. The Morgan fingerprint density at radius 1 is 1.39 bits per heavy atom. The number of rotatable bonds is 4. The average Bonchev–Trinajstić information content (AvgIpc) is 2.35. The number of hydrogen-bond acceptors (Lipinski definition) is 4. The van der Waals surface area contributed by atoms with Gasteiger partial charge in [0, 0.05) is 23.4 Å². The molecule has 1 N–H and O–H groups in total. The van der Waals surface area contributed by atoms with E-state index in [0.29, 0.717) is 18.4 Å². The molecule has 1 unspecified atom stereocenters. The number of aromatic hydroxyl groups is 1. The summed E-state index contributed by atoms with van der Waals surface area (Å²) in [7, 11) is 0. The van der Waals surface area contributed by atoms with Crippen LogP contribution in [0.25, 0.3) is 11.0 Å². The topological polar surface area (TPSA) is 67.5 Å². The Kier molecular flexibility index (Phi) is 3.46. The highest BCUT2D eigenvalue weighted by atomic mass is 16.4. The second-order valence-corrected chi connectivity index (χ2v) is 4.43. The first-order chi connectivity index (χ1) is 8.60. The Labute approximate surface area is 104 Å². The van der Waals surface area contributed by atoms with Gasteiger partial charge in [0.15, 0.2) is 0 Å². The summed E-state index contributed by atoms with van der Waals surface area (Å²) in [5.74, 6) is 0.0590. The van der Waals surface area contributed by atoms with E-state index in [-0.39, 0.29) is 11.7 Å². The fraction of sp³-hybridized carbons (Fsp3) is 0.286. The molecule has 0 aliphatic heterocycles. The first-order valence-electron chi connectivity index (χ1n) is 5.81. The van der Waals surface area contributed by atoms with Crippen LogP contribution in [0.2, 0.25) is 0 Å². The predicted molar refractivity (Wildman–Crippen MR) is 67.7 cm³/mol. The molecule has 0 fully saturated rings. The maximum Gasteiger partial charge on any atom is 0.336 e. The molecule has 0 radical (unpaired) electrons. The van der Waals surface area contributed by atoms with Crippen molar-refractivity contribution in [2.45, 2.75) is 19.8 Å². The highest BCUT2D eigenvalue weighted by Gasteiger charge is 2.08. The van der Waals surface area contributed by atoms with Gasteiger partial charge in [-0.25, -0.2) is 4.79 Å². The third kappa shape index (κ3) is 2.59. The number of hydrogen-bond donors (Lipinski definition) is 1. The number of phenols is 1. The highest BCUT2D eigenvalue weighted by molar-refractivity contribution is 5.79. The van der Waals surface area contributed by atoms with Gasteiger partial charge in [0.1, 0.15) is 17.6 Å². The average molecular weight is 246 g/mol. The zero-order valence-electron chi connectivity index (χ0n) is 10.1. The van der Waals surface area contributed by atoms with Crippen LogP contribution < -0.4 is 5.63 Å². The number of benzene rings is 1. The lowest BCUT2D eigenvalue weighted by atomic mass is 10.0. The molecule has 1 atom stereocenters. The Bertz CT molecular complexity index is 627.